The van der Waals surface area contributed by atoms with Crippen LogP contribution in [0.1, 0.15) is 24.6 Å². The summed E-state index contributed by atoms with van der Waals surface area (Å²) >= 11 is 0. The second-order valence-electron chi connectivity index (χ2n) is 7.84. The van der Waals surface area contributed by atoms with Crippen LogP contribution in [0.3, 0.4) is 0 Å². The Morgan fingerprint density at radius 1 is 1.10 bits per heavy atom. The smallest absolute Gasteiger partial charge is 0.262 e. The second kappa shape index (κ2) is 7.05. The van der Waals surface area contributed by atoms with E-state index in [2.05, 4.69) is 25.2 Å². The van der Waals surface area contributed by atoms with E-state index in [1.807, 2.05) is 35.6 Å². The molecule has 0 radical (unpaired) electrons. The fourth-order valence-electron chi connectivity index (χ4n) is 4.02. The van der Waals surface area contributed by atoms with Crippen molar-refractivity contribution in [3.05, 3.63) is 46.8 Å². The maximum absolute atomic E-state index is 12.7. The zero-order valence-electron chi connectivity index (χ0n) is 17.2. The van der Waals surface area contributed by atoms with Crippen molar-refractivity contribution in [2.45, 2.75) is 18.8 Å². The molecule has 5 rings (SSSR count). The van der Waals surface area contributed by atoms with E-state index in [-0.39, 0.29) is 11.5 Å². The van der Waals surface area contributed by atoms with Gasteiger partial charge in [-0.3, -0.25) is 14.3 Å². The Bertz CT molecular complexity index is 1280. The molecule has 4 aromatic heterocycles. The fourth-order valence-corrected chi connectivity index (χ4v) is 4.02. The number of hydrogen-bond acceptors (Lipinski definition) is 8. The van der Waals surface area contributed by atoms with Crippen molar-refractivity contribution >= 4 is 28.3 Å². The van der Waals surface area contributed by atoms with Gasteiger partial charge in [-0.1, -0.05) is 0 Å². The van der Waals surface area contributed by atoms with Gasteiger partial charge in [0.05, 0.1) is 17.1 Å². The van der Waals surface area contributed by atoms with Crippen molar-refractivity contribution in [3.8, 4) is 0 Å². The standard InChI is InChI=1S/C20H23N9O/c1-26(2)17-5-4-16-23-24-18(29(16)25-17)13-7-10-28(11-8-13)20-22-15-12-21-9-6-14(15)19(30)27(20)3/h4-6,9,12-13H,7-8,10-11H2,1-3H3. The molecule has 154 valence electrons. The number of hydrogen-bond donors (Lipinski definition) is 0. The molecule has 30 heavy (non-hydrogen) atoms. The van der Waals surface area contributed by atoms with Gasteiger partial charge in [0.15, 0.2) is 11.5 Å². The summed E-state index contributed by atoms with van der Waals surface area (Å²) in [7, 11) is 5.70. The van der Waals surface area contributed by atoms with Gasteiger partial charge in [-0.25, -0.2) is 4.98 Å². The highest BCUT2D eigenvalue weighted by Crippen LogP contribution is 2.29. The van der Waals surface area contributed by atoms with E-state index >= 15 is 0 Å². The van der Waals surface area contributed by atoms with E-state index in [1.54, 1.807) is 30.1 Å². The lowest BCUT2D eigenvalue weighted by Crippen LogP contribution is -2.38. The minimum atomic E-state index is -0.0524. The fraction of sp³-hybridized carbons (Fsp3) is 0.400. The number of fused-ring (bicyclic) bond motifs is 2. The number of nitrogens with zero attached hydrogens (tertiary/aromatic N) is 9. The van der Waals surface area contributed by atoms with Gasteiger partial charge in [-0.05, 0) is 31.0 Å². The molecule has 0 atom stereocenters. The minimum Gasteiger partial charge on any atom is -0.361 e. The normalized spacial score (nSPS) is 15.2. The van der Waals surface area contributed by atoms with Crippen molar-refractivity contribution in [1.29, 1.82) is 0 Å². The number of piperidine rings is 1. The topological polar surface area (TPSA) is 97.3 Å². The summed E-state index contributed by atoms with van der Waals surface area (Å²) in [5, 5.41) is 14.0. The molecule has 0 aromatic carbocycles. The first-order chi connectivity index (χ1) is 14.5. The third-order valence-electron chi connectivity index (χ3n) is 5.73. The van der Waals surface area contributed by atoms with Crippen LogP contribution in [-0.4, -0.2) is 61.5 Å². The van der Waals surface area contributed by atoms with Crippen molar-refractivity contribution in [3.63, 3.8) is 0 Å². The molecule has 5 heterocycles. The molecule has 1 fully saturated rings. The Kier molecular flexibility index (Phi) is 4.34. The molecule has 1 aliphatic heterocycles. The van der Waals surface area contributed by atoms with Crippen LogP contribution in [0.5, 0.6) is 0 Å². The van der Waals surface area contributed by atoms with Crippen molar-refractivity contribution in [2.24, 2.45) is 7.05 Å². The van der Waals surface area contributed by atoms with E-state index < -0.39 is 0 Å². The molecule has 0 bridgehead atoms. The first kappa shape index (κ1) is 18.5. The molecule has 4 aromatic rings. The maximum Gasteiger partial charge on any atom is 0.262 e. The molecule has 10 heteroatoms. The molecule has 1 aliphatic rings. The average molecular weight is 405 g/mol. The third kappa shape index (κ3) is 2.95. The van der Waals surface area contributed by atoms with Crippen molar-refractivity contribution in [2.75, 3.05) is 37.0 Å². The van der Waals surface area contributed by atoms with E-state index in [4.69, 9.17) is 4.98 Å². The van der Waals surface area contributed by atoms with Crippen molar-refractivity contribution in [1.82, 2.24) is 34.3 Å². The molecule has 0 saturated carbocycles. The molecule has 10 nitrogen and oxygen atoms in total. The van der Waals surface area contributed by atoms with Crippen LogP contribution in [0.2, 0.25) is 0 Å². The Morgan fingerprint density at radius 3 is 2.67 bits per heavy atom. The molecule has 0 spiro atoms. The highest BCUT2D eigenvalue weighted by molar-refractivity contribution is 5.77. The summed E-state index contributed by atoms with van der Waals surface area (Å²) in [4.78, 5) is 25.6. The number of rotatable bonds is 3. The third-order valence-corrected chi connectivity index (χ3v) is 5.73. The van der Waals surface area contributed by atoms with Gasteiger partial charge in [0, 0.05) is 46.3 Å². The van der Waals surface area contributed by atoms with Gasteiger partial charge in [0.25, 0.3) is 5.56 Å². The van der Waals surface area contributed by atoms with Gasteiger partial charge >= 0.3 is 0 Å². The van der Waals surface area contributed by atoms with Crippen molar-refractivity contribution < 1.29 is 0 Å². The Morgan fingerprint density at radius 2 is 1.90 bits per heavy atom. The highest BCUT2D eigenvalue weighted by atomic mass is 16.1. The predicted molar refractivity (Wildman–Crippen MR) is 114 cm³/mol. The first-order valence-electron chi connectivity index (χ1n) is 9.98. The van der Waals surface area contributed by atoms with E-state index in [0.717, 1.165) is 43.2 Å². The number of pyridine rings is 1. The van der Waals surface area contributed by atoms with Gasteiger partial charge in [0.2, 0.25) is 5.95 Å². The van der Waals surface area contributed by atoms with E-state index in [0.29, 0.717) is 16.9 Å². The van der Waals surface area contributed by atoms with E-state index in [9.17, 15) is 4.79 Å². The summed E-state index contributed by atoms with van der Waals surface area (Å²) in [5.41, 5.74) is 1.33. The Balaban J connectivity index is 1.42. The molecule has 0 amide bonds. The van der Waals surface area contributed by atoms with Gasteiger partial charge in [0.1, 0.15) is 5.82 Å². The lowest BCUT2D eigenvalue weighted by molar-refractivity contribution is 0.468. The number of aromatic nitrogens is 7. The summed E-state index contributed by atoms with van der Waals surface area (Å²) in [6.07, 6.45) is 5.03. The largest absolute Gasteiger partial charge is 0.361 e. The first-order valence-corrected chi connectivity index (χ1v) is 9.98. The van der Waals surface area contributed by atoms with Gasteiger partial charge in [-0.2, -0.15) is 4.52 Å². The van der Waals surface area contributed by atoms with Gasteiger partial charge in [-0.15, -0.1) is 15.3 Å². The minimum absolute atomic E-state index is 0.0524. The monoisotopic (exact) mass is 405 g/mol. The van der Waals surface area contributed by atoms with Crippen LogP contribution in [0, 0.1) is 0 Å². The summed E-state index contributed by atoms with van der Waals surface area (Å²) in [6.45, 7) is 1.55. The van der Waals surface area contributed by atoms with Crippen LogP contribution in [0.15, 0.2) is 35.4 Å². The Hall–Kier alpha value is -3.56. The molecule has 0 N–H and O–H groups in total. The van der Waals surface area contributed by atoms with Gasteiger partial charge < -0.3 is 9.80 Å². The van der Waals surface area contributed by atoms with Crippen LogP contribution >= 0.6 is 0 Å². The van der Waals surface area contributed by atoms with E-state index in [1.165, 1.54) is 0 Å². The second-order valence-corrected chi connectivity index (χ2v) is 7.84. The van der Waals surface area contributed by atoms with Crippen LogP contribution in [-0.2, 0) is 7.05 Å². The lowest BCUT2D eigenvalue weighted by atomic mass is 9.96. The summed E-state index contributed by atoms with van der Waals surface area (Å²) in [6, 6.07) is 5.60. The molecular formula is C20H23N9O. The maximum atomic E-state index is 12.7. The molecule has 0 unspecified atom stereocenters. The molecule has 0 aliphatic carbocycles. The summed E-state index contributed by atoms with van der Waals surface area (Å²) < 4.78 is 3.48. The molecular weight excluding hydrogens is 382 g/mol. The summed E-state index contributed by atoms with van der Waals surface area (Å²) in [5.74, 6) is 2.68. The Labute approximate surface area is 172 Å². The molecule has 1 saturated heterocycles. The predicted octanol–water partition coefficient (Wildman–Crippen LogP) is 1.22. The van der Waals surface area contributed by atoms with Crippen LogP contribution < -0.4 is 15.4 Å². The zero-order valence-corrected chi connectivity index (χ0v) is 17.2. The highest BCUT2D eigenvalue weighted by Gasteiger charge is 2.27. The lowest BCUT2D eigenvalue weighted by Gasteiger charge is -2.32. The average Bonchev–Trinajstić information content (AvgIpc) is 3.19. The quantitative estimate of drug-likeness (QED) is 0.502. The SMILES string of the molecule is CN(C)c1ccc2nnc(C3CCN(c4nc5cnccc5c(=O)n4C)CC3)n2n1. The van der Waals surface area contributed by atoms with Crippen LogP contribution in [0.25, 0.3) is 16.6 Å². The number of anilines is 2. The van der Waals surface area contributed by atoms with Crippen LogP contribution in [0.4, 0.5) is 11.8 Å². The zero-order chi connectivity index (χ0) is 20.8.